The molecule has 0 saturated carbocycles. The Kier molecular flexibility index (Phi) is 6.04. The van der Waals surface area contributed by atoms with Crippen molar-refractivity contribution in [1.82, 2.24) is 4.57 Å². The van der Waals surface area contributed by atoms with E-state index < -0.39 is 23.4 Å². The first-order valence-electron chi connectivity index (χ1n) is 7.34. The van der Waals surface area contributed by atoms with Gasteiger partial charge in [0.15, 0.2) is 6.61 Å². The van der Waals surface area contributed by atoms with Crippen molar-refractivity contribution >= 4 is 23.3 Å². The van der Waals surface area contributed by atoms with Crippen LogP contribution < -0.4 is 15.6 Å². The largest absolute Gasteiger partial charge is 0.494 e. The number of anilines is 1. The van der Waals surface area contributed by atoms with E-state index in [0.29, 0.717) is 0 Å². The van der Waals surface area contributed by atoms with Gasteiger partial charge in [-0.1, -0.05) is 6.07 Å². The summed E-state index contributed by atoms with van der Waals surface area (Å²) < 4.78 is 10.9. The molecule has 0 bridgehead atoms. The van der Waals surface area contributed by atoms with E-state index in [-0.39, 0.29) is 29.2 Å². The molecule has 1 amide bonds. The molecule has 1 aromatic heterocycles. The van der Waals surface area contributed by atoms with Gasteiger partial charge in [-0.05, 0) is 12.1 Å². The van der Waals surface area contributed by atoms with Crippen LogP contribution >= 0.6 is 0 Å². The van der Waals surface area contributed by atoms with Gasteiger partial charge < -0.3 is 19.4 Å². The molecule has 2 aromatic rings. The Morgan fingerprint density at radius 2 is 2.04 bits per heavy atom. The van der Waals surface area contributed by atoms with E-state index in [1.165, 1.54) is 37.6 Å². The maximum Gasteiger partial charge on any atom is 0.326 e. The molecule has 1 aromatic carbocycles. The molecular formula is C16H15N3O7. The number of methoxy groups -OCH3 is 1. The molecule has 0 aliphatic carbocycles. The lowest BCUT2D eigenvalue weighted by Gasteiger charge is -2.10. The van der Waals surface area contributed by atoms with E-state index in [1.54, 1.807) is 6.07 Å². The molecule has 1 heterocycles. The maximum absolute atomic E-state index is 11.9. The summed E-state index contributed by atoms with van der Waals surface area (Å²) in [7, 11) is 1.30. The number of nitrogens with one attached hydrogen (secondary N) is 1. The number of carbonyl (C=O) groups is 2. The normalized spacial score (nSPS) is 10.0. The van der Waals surface area contributed by atoms with Crippen molar-refractivity contribution in [3.05, 3.63) is 63.1 Å². The Morgan fingerprint density at radius 3 is 2.69 bits per heavy atom. The molecule has 136 valence electrons. The third-order valence-electron chi connectivity index (χ3n) is 3.23. The fourth-order valence-electron chi connectivity index (χ4n) is 2.01. The number of non-ortho nitro benzene ring substituents is 1. The molecule has 0 radical (unpaired) electrons. The fourth-order valence-corrected chi connectivity index (χ4v) is 2.01. The Hall–Kier alpha value is -3.69. The summed E-state index contributed by atoms with van der Waals surface area (Å²) in [5.74, 6) is -1.33. The van der Waals surface area contributed by atoms with Crippen molar-refractivity contribution in [3.63, 3.8) is 0 Å². The maximum atomic E-state index is 11.9. The summed E-state index contributed by atoms with van der Waals surface area (Å²) in [6.07, 6.45) is 1.42. The number of aromatic nitrogens is 1. The molecule has 26 heavy (non-hydrogen) atoms. The number of nitrogens with zero attached hydrogens (tertiary/aromatic N) is 2. The molecule has 0 saturated heterocycles. The number of hydrogen-bond acceptors (Lipinski definition) is 7. The summed E-state index contributed by atoms with van der Waals surface area (Å²) in [4.78, 5) is 45.2. The number of carbonyl (C=O) groups excluding carboxylic acids is 2. The summed E-state index contributed by atoms with van der Waals surface area (Å²) >= 11 is 0. The van der Waals surface area contributed by atoms with Crippen LogP contribution in [-0.2, 0) is 20.9 Å². The number of esters is 1. The minimum Gasteiger partial charge on any atom is -0.494 e. The average molecular weight is 361 g/mol. The molecule has 10 nitrogen and oxygen atoms in total. The highest BCUT2D eigenvalue weighted by Gasteiger charge is 2.14. The smallest absolute Gasteiger partial charge is 0.326 e. The highest BCUT2D eigenvalue weighted by atomic mass is 16.6. The van der Waals surface area contributed by atoms with Gasteiger partial charge >= 0.3 is 5.97 Å². The Labute approximate surface area is 147 Å². The molecule has 0 aliphatic heterocycles. The third kappa shape index (κ3) is 4.90. The molecule has 0 aliphatic rings. The lowest BCUT2D eigenvalue weighted by Crippen LogP contribution is -2.27. The molecule has 0 unspecified atom stereocenters. The predicted octanol–water partition coefficient (Wildman–Crippen LogP) is 0.947. The number of pyridine rings is 1. The first kappa shape index (κ1) is 18.6. The first-order chi connectivity index (χ1) is 12.4. The monoisotopic (exact) mass is 361 g/mol. The lowest BCUT2D eigenvalue weighted by atomic mass is 10.2. The van der Waals surface area contributed by atoms with Crippen LogP contribution in [-0.4, -0.2) is 35.1 Å². The van der Waals surface area contributed by atoms with Crippen molar-refractivity contribution in [1.29, 1.82) is 0 Å². The van der Waals surface area contributed by atoms with E-state index in [4.69, 9.17) is 9.47 Å². The highest BCUT2D eigenvalue weighted by Crippen LogP contribution is 2.28. The number of nitro groups is 1. The summed E-state index contributed by atoms with van der Waals surface area (Å²) in [6, 6.07) is 8.08. The molecular weight excluding hydrogens is 346 g/mol. The number of rotatable bonds is 7. The van der Waals surface area contributed by atoms with Crippen LogP contribution in [0.4, 0.5) is 11.4 Å². The zero-order chi connectivity index (χ0) is 19.1. The molecule has 1 N–H and O–H groups in total. The van der Waals surface area contributed by atoms with E-state index in [0.717, 1.165) is 10.6 Å². The average Bonchev–Trinajstić information content (AvgIpc) is 2.62. The standard InChI is InChI=1S/C16H15N3O7/c1-25-13-8-11(19(23)24)5-6-12(13)17-14(20)10-26-16(22)9-18-7-3-2-4-15(18)21/h2-8H,9-10H2,1H3,(H,17,20). The number of ether oxygens (including phenoxy) is 2. The minimum atomic E-state index is -0.760. The van der Waals surface area contributed by atoms with Gasteiger partial charge in [0.25, 0.3) is 17.2 Å². The Morgan fingerprint density at radius 1 is 1.27 bits per heavy atom. The number of hydrogen-bond donors (Lipinski definition) is 1. The first-order valence-corrected chi connectivity index (χ1v) is 7.34. The van der Waals surface area contributed by atoms with Gasteiger partial charge in [-0.25, -0.2) is 0 Å². The number of amides is 1. The van der Waals surface area contributed by atoms with Crippen molar-refractivity contribution < 1.29 is 24.0 Å². The van der Waals surface area contributed by atoms with Crippen molar-refractivity contribution in [2.24, 2.45) is 0 Å². The zero-order valence-corrected chi connectivity index (χ0v) is 13.7. The fraction of sp³-hybridized carbons (Fsp3) is 0.188. The Balaban J connectivity index is 1.92. The van der Waals surface area contributed by atoms with Crippen LogP contribution in [0.5, 0.6) is 5.75 Å². The molecule has 0 fully saturated rings. The second-order valence-electron chi connectivity index (χ2n) is 5.02. The van der Waals surface area contributed by atoms with Crippen LogP contribution in [0.15, 0.2) is 47.4 Å². The van der Waals surface area contributed by atoms with Crippen molar-refractivity contribution in [2.75, 3.05) is 19.0 Å². The van der Waals surface area contributed by atoms with Crippen LogP contribution in [0.1, 0.15) is 0 Å². The van der Waals surface area contributed by atoms with Gasteiger partial charge in [0.05, 0.1) is 23.8 Å². The highest BCUT2D eigenvalue weighted by molar-refractivity contribution is 5.94. The van der Waals surface area contributed by atoms with Gasteiger partial charge in [0.2, 0.25) is 0 Å². The quantitative estimate of drug-likeness (QED) is 0.441. The predicted molar refractivity (Wildman–Crippen MR) is 89.9 cm³/mol. The number of nitro benzene ring substituents is 1. The molecule has 2 rings (SSSR count). The van der Waals surface area contributed by atoms with Crippen molar-refractivity contribution in [2.45, 2.75) is 6.54 Å². The van der Waals surface area contributed by atoms with Crippen LogP contribution in [0.3, 0.4) is 0 Å². The lowest BCUT2D eigenvalue weighted by molar-refractivity contribution is -0.384. The van der Waals surface area contributed by atoms with Gasteiger partial charge in [-0.15, -0.1) is 0 Å². The van der Waals surface area contributed by atoms with E-state index in [9.17, 15) is 24.5 Å². The summed E-state index contributed by atoms with van der Waals surface area (Å²) in [5, 5.41) is 13.2. The second-order valence-corrected chi connectivity index (χ2v) is 5.02. The van der Waals surface area contributed by atoms with Gasteiger partial charge in [-0.2, -0.15) is 0 Å². The van der Waals surface area contributed by atoms with Gasteiger partial charge in [-0.3, -0.25) is 24.5 Å². The summed E-state index contributed by atoms with van der Waals surface area (Å²) in [6.45, 7) is -0.908. The van der Waals surface area contributed by atoms with Crippen molar-refractivity contribution in [3.8, 4) is 5.75 Å². The molecule has 0 atom stereocenters. The third-order valence-corrected chi connectivity index (χ3v) is 3.23. The molecule has 0 spiro atoms. The van der Waals surface area contributed by atoms with Crippen LogP contribution in [0.25, 0.3) is 0 Å². The number of benzene rings is 1. The second kappa shape index (κ2) is 8.42. The van der Waals surface area contributed by atoms with Gasteiger partial charge in [0.1, 0.15) is 12.3 Å². The van der Waals surface area contributed by atoms with Crippen LogP contribution in [0, 0.1) is 10.1 Å². The van der Waals surface area contributed by atoms with E-state index in [2.05, 4.69) is 5.32 Å². The molecule has 10 heteroatoms. The SMILES string of the molecule is COc1cc([N+](=O)[O-])ccc1NC(=O)COC(=O)Cn1ccccc1=O. The minimum absolute atomic E-state index is 0.0923. The van der Waals surface area contributed by atoms with Crippen LogP contribution in [0.2, 0.25) is 0 Å². The van der Waals surface area contributed by atoms with Gasteiger partial charge in [0, 0.05) is 18.3 Å². The zero-order valence-electron chi connectivity index (χ0n) is 13.7. The summed E-state index contributed by atoms with van der Waals surface area (Å²) in [5.41, 5.74) is -0.373. The van der Waals surface area contributed by atoms with E-state index in [1.807, 2.05) is 0 Å². The Bertz CT molecular complexity index is 891. The van der Waals surface area contributed by atoms with E-state index >= 15 is 0 Å². The topological polar surface area (TPSA) is 130 Å².